The standard InChI is InChI=1S/C18H17Cl2FN2O2/c1-12(24)23(16-8-4-6-14(19)18(16)20)10-9-22-17(25)11-13-5-2-3-7-15(13)21/h2-8H,9-11H2,1H3,(H,22,25). The largest absolute Gasteiger partial charge is 0.354 e. The first-order chi connectivity index (χ1) is 11.9. The van der Waals surface area contributed by atoms with Crippen molar-refractivity contribution in [3.05, 3.63) is 63.9 Å². The van der Waals surface area contributed by atoms with Crippen LogP contribution in [-0.4, -0.2) is 24.9 Å². The summed E-state index contributed by atoms with van der Waals surface area (Å²) in [7, 11) is 0. The molecule has 0 saturated heterocycles. The van der Waals surface area contributed by atoms with Crippen LogP contribution in [0.3, 0.4) is 0 Å². The molecule has 25 heavy (non-hydrogen) atoms. The first-order valence-electron chi connectivity index (χ1n) is 7.62. The zero-order valence-electron chi connectivity index (χ0n) is 13.6. The van der Waals surface area contributed by atoms with Gasteiger partial charge in [-0.1, -0.05) is 47.5 Å². The molecule has 1 N–H and O–H groups in total. The van der Waals surface area contributed by atoms with E-state index in [0.717, 1.165) is 0 Å². The van der Waals surface area contributed by atoms with Gasteiger partial charge >= 0.3 is 0 Å². The lowest BCUT2D eigenvalue weighted by atomic mass is 10.1. The Morgan fingerprint density at radius 3 is 2.52 bits per heavy atom. The number of amides is 2. The Morgan fingerprint density at radius 2 is 1.84 bits per heavy atom. The van der Waals surface area contributed by atoms with Gasteiger partial charge in [-0.15, -0.1) is 0 Å². The third-order valence-electron chi connectivity index (χ3n) is 3.57. The zero-order valence-corrected chi connectivity index (χ0v) is 15.1. The lowest BCUT2D eigenvalue weighted by molar-refractivity contribution is -0.121. The molecule has 0 aromatic heterocycles. The number of hydrogen-bond acceptors (Lipinski definition) is 2. The molecule has 0 aliphatic heterocycles. The minimum Gasteiger partial charge on any atom is -0.354 e. The maximum atomic E-state index is 13.5. The summed E-state index contributed by atoms with van der Waals surface area (Å²) in [5.74, 6) is -0.980. The normalized spacial score (nSPS) is 10.4. The van der Waals surface area contributed by atoms with Gasteiger partial charge in [0.25, 0.3) is 0 Å². The summed E-state index contributed by atoms with van der Waals surface area (Å²) in [6.45, 7) is 1.83. The van der Waals surface area contributed by atoms with Crippen LogP contribution in [0.4, 0.5) is 10.1 Å². The van der Waals surface area contributed by atoms with E-state index in [9.17, 15) is 14.0 Å². The smallest absolute Gasteiger partial charge is 0.224 e. The fourth-order valence-electron chi connectivity index (χ4n) is 2.33. The second-order valence-electron chi connectivity index (χ2n) is 5.36. The highest BCUT2D eigenvalue weighted by atomic mass is 35.5. The summed E-state index contributed by atoms with van der Waals surface area (Å²) in [5, 5.41) is 3.29. The first-order valence-corrected chi connectivity index (χ1v) is 8.38. The second-order valence-corrected chi connectivity index (χ2v) is 6.15. The maximum Gasteiger partial charge on any atom is 0.224 e. The number of carbonyl (C=O) groups is 2. The van der Waals surface area contributed by atoms with Crippen LogP contribution in [0.25, 0.3) is 0 Å². The molecule has 0 atom stereocenters. The Balaban J connectivity index is 1.96. The van der Waals surface area contributed by atoms with Crippen molar-refractivity contribution in [1.29, 1.82) is 0 Å². The summed E-state index contributed by atoms with van der Waals surface area (Å²) in [6, 6.07) is 11.1. The molecule has 0 aliphatic rings. The van der Waals surface area contributed by atoms with Crippen molar-refractivity contribution in [3.63, 3.8) is 0 Å². The SMILES string of the molecule is CC(=O)N(CCNC(=O)Cc1ccccc1F)c1cccc(Cl)c1Cl. The number of carbonyl (C=O) groups excluding carboxylic acids is 2. The van der Waals surface area contributed by atoms with Crippen LogP contribution in [0.1, 0.15) is 12.5 Å². The fraction of sp³-hybridized carbons (Fsp3) is 0.222. The molecule has 2 amide bonds. The Labute approximate surface area is 155 Å². The highest BCUT2D eigenvalue weighted by Gasteiger charge is 2.16. The van der Waals surface area contributed by atoms with Gasteiger partial charge in [0.05, 0.1) is 22.2 Å². The highest BCUT2D eigenvalue weighted by Crippen LogP contribution is 2.32. The summed E-state index contributed by atoms with van der Waals surface area (Å²) in [6.07, 6.45) is -0.0648. The average molecular weight is 383 g/mol. The fourth-order valence-corrected chi connectivity index (χ4v) is 2.73. The van der Waals surface area contributed by atoms with Crippen LogP contribution in [0.5, 0.6) is 0 Å². The average Bonchev–Trinajstić information content (AvgIpc) is 2.56. The van der Waals surface area contributed by atoms with Gasteiger partial charge in [-0.3, -0.25) is 9.59 Å². The van der Waals surface area contributed by atoms with Gasteiger partial charge < -0.3 is 10.2 Å². The maximum absolute atomic E-state index is 13.5. The number of rotatable bonds is 6. The minimum absolute atomic E-state index is 0.0648. The first kappa shape index (κ1) is 19.2. The molecular formula is C18H17Cl2FN2O2. The number of hydrogen-bond donors (Lipinski definition) is 1. The monoisotopic (exact) mass is 382 g/mol. The van der Waals surface area contributed by atoms with Crippen LogP contribution < -0.4 is 10.2 Å². The van der Waals surface area contributed by atoms with E-state index in [1.807, 2.05) is 0 Å². The molecule has 0 unspecified atom stereocenters. The topological polar surface area (TPSA) is 49.4 Å². The molecule has 0 radical (unpaired) electrons. The Kier molecular flexibility index (Phi) is 6.79. The third kappa shape index (κ3) is 5.18. The van der Waals surface area contributed by atoms with Gasteiger partial charge in [0, 0.05) is 20.0 Å². The lowest BCUT2D eigenvalue weighted by Crippen LogP contribution is -2.38. The molecule has 2 aromatic rings. The predicted octanol–water partition coefficient (Wildman–Crippen LogP) is 3.84. The number of anilines is 1. The molecule has 0 aliphatic carbocycles. The number of nitrogens with one attached hydrogen (secondary N) is 1. The van der Waals surface area contributed by atoms with E-state index < -0.39 is 5.82 Å². The Morgan fingerprint density at radius 1 is 1.12 bits per heavy atom. The van der Waals surface area contributed by atoms with Crippen molar-refractivity contribution in [2.75, 3.05) is 18.0 Å². The molecule has 0 spiro atoms. The van der Waals surface area contributed by atoms with E-state index in [1.165, 1.54) is 17.9 Å². The van der Waals surface area contributed by atoms with Crippen molar-refractivity contribution >= 4 is 40.7 Å². The van der Waals surface area contributed by atoms with E-state index in [0.29, 0.717) is 16.3 Å². The van der Waals surface area contributed by atoms with Crippen molar-refractivity contribution in [2.24, 2.45) is 0 Å². The number of nitrogens with zero attached hydrogens (tertiary/aromatic N) is 1. The summed E-state index contributed by atoms with van der Waals surface area (Å²) < 4.78 is 13.5. The molecule has 0 fully saturated rings. The van der Waals surface area contributed by atoms with E-state index in [2.05, 4.69) is 5.32 Å². The second kappa shape index (κ2) is 8.83. The van der Waals surface area contributed by atoms with Crippen molar-refractivity contribution < 1.29 is 14.0 Å². The van der Waals surface area contributed by atoms with Crippen molar-refractivity contribution in [3.8, 4) is 0 Å². The summed E-state index contributed by atoms with van der Waals surface area (Å²) in [5.41, 5.74) is 0.798. The molecule has 132 valence electrons. The zero-order chi connectivity index (χ0) is 18.4. The highest BCUT2D eigenvalue weighted by molar-refractivity contribution is 6.44. The van der Waals surface area contributed by atoms with Crippen LogP contribution >= 0.6 is 23.2 Å². The van der Waals surface area contributed by atoms with Crippen LogP contribution in [-0.2, 0) is 16.0 Å². The van der Waals surface area contributed by atoms with Crippen LogP contribution in [0.15, 0.2) is 42.5 Å². The van der Waals surface area contributed by atoms with Crippen LogP contribution in [0, 0.1) is 5.82 Å². The molecule has 2 rings (SSSR count). The van der Waals surface area contributed by atoms with Gasteiger partial charge in [0.2, 0.25) is 11.8 Å². The lowest BCUT2D eigenvalue weighted by Gasteiger charge is -2.23. The molecule has 0 heterocycles. The summed E-state index contributed by atoms with van der Waals surface area (Å²) in [4.78, 5) is 25.3. The number of benzene rings is 2. The summed E-state index contributed by atoms with van der Waals surface area (Å²) >= 11 is 12.1. The van der Waals surface area contributed by atoms with Gasteiger partial charge in [0.1, 0.15) is 5.82 Å². The van der Waals surface area contributed by atoms with E-state index in [1.54, 1.807) is 36.4 Å². The van der Waals surface area contributed by atoms with E-state index in [-0.39, 0.29) is 36.3 Å². The van der Waals surface area contributed by atoms with Gasteiger partial charge in [-0.05, 0) is 23.8 Å². The third-order valence-corrected chi connectivity index (χ3v) is 4.38. The molecule has 0 bridgehead atoms. The van der Waals surface area contributed by atoms with Crippen molar-refractivity contribution in [2.45, 2.75) is 13.3 Å². The quantitative estimate of drug-likeness (QED) is 0.824. The minimum atomic E-state index is -0.422. The predicted molar refractivity (Wildman–Crippen MR) is 97.6 cm³/mol. The Hall–Kier alpha value is -2.11. The Bertz CT molecular complexity index is 783. The molecule has 4 nitrogen and oxygen atoms in total. The molecular weight excluding hydrogens is 366 g/mol. The molecule has 0 saturated carbocycles. The van der Waals surface area contributed by atoms with E-state index >= 15 is 0 Å². The molecule has 2 aromatic carbocycles. The van der Waals surface area contributed by atoms with Crippen LogP contribution in [0.2, 0.25) is 10.0 Å². The van der Waals surface area contributed by atoms with Gasteiger partial charge in [0.15, 0.2) is 0 Å². The van der Waals surface area contributed by atoms with E-state index in [4.69, 9.17) is 23.2 Å². The van der Waals surface area contributed by atoms with Crippen molar-refractivity contribution in [1.82, 2.24) is 5.32 Å². The van der Waals surface area contributed by atoms with Gasteiger partial charge in [-0.25, -0.2) is 4.39 Å². The molecule has 7 heteroatoms. The van der Waals surface area contributed by atoms with Gasteiger partial charge in [-0.2, -0.15) is 0 Å². The number of halogens is 3.